The normalized spacial score (nSPS) is 38.9. The molecule has 2 fully saturated rings. The Bertz CT molecular complexity index is 284. The molecule has 0 heterocycles. The van der Waals surface area contributed by atoms with Crippen molar-refractivity contribution in [3.8, 4) is 0 Å². The zero-order chi connectivity index (χ0) is 11.7. The van der Waals surface area contributed by atoms with Gasteiger partial charge in [0.1, 0.15) is 0 Å². The second kappa shape index (κ2) is 5.14. The molecule has 0 aromatic heterocycles. The first kappa shape index (κ1) is 11.8. The minimum Gasteiger partial charge on any atom is -0.313 e. The number of nitrogens with one attached hydrogen (secondary N) is 1. The highest BCUT2D eigenvalue weighted by Crippen LogP contribution is 2.60. The summed E-state index contributed by atoms with van der Waals surface area (Å²) in [6.45, 7) is 0. The molecule has 1 N–H and O–H groups in total. The van der Waals surface area contributed by atoms with E-state index in [9.17, 15) is 0 Å². The van der Waals surface area contributed by atoms with E-state index < -0.39 is 0 Å². The fraction of sp³-hybridized carbons (Fsp3) is 0.875. The molecule has 1 heteroatoms. The third-order valence-electron chi connectivity index (χ3n) is 5.39. The first-order chi connectivity index (χ1) is 8.42. The van der Waals surface area contributed by atoms with Crippen LogP contribution in [0.15, 0.2) is 11.6 Å². The molecule has 0 aromatic carbocycles. The molecule has 3 unspecified atom stereocenters. The van der Waals surface area contributed by atoms with Crippen molar-refractivity contribution in [1.29, 1.82) is 0 Å². The van der Waals surface area contributed by atoms with Crippen molar-refractivity contribution in [1.82, 2.24) is 5.32 Å². The monoisotopic (exact) mass is 233 g/mol. The van der Waals surface area contributed by atoms with Crippen LogP contribution in [0.5, 0.6) is 0 Å². The van der Waals surface area contributed by atoms with Crippen LogP contribution < -0.4 is 5.32 Å². The number of allylic oxidation sites excluding steroid dienone is 1. The topological polar surface area (TPSA) is 12.0 Å². The van der Waals surface area contributed by atoms with Crippen LogP contribution >= 0.6 is 0 Å². The van der Waals surface area contributed by atoms with Gasteiger partial charge in [-0.25, -0.2) is 0 Å². The number of hydrogen-bond acceptors (Lipinski definition) is 1. The van der Waals surface area contributed by atoms with Gasteiger partial charge in [-0.15, -0.1) is 0 Å². The van der Waals surface area contributed by atoms with Gasteiger partial charge in [-0.05, 0) is 63.3 Å². The Morgan fingerprint density at radius 1 is 1.06 bits per heavy atom. The molecule has 2 saturated carbocycles. The van der Waals surface area contributed by atoms with Gasteiger partial charge in [0.05, 0.1) is 0 Å². The van der Waals surface area contributed by atoms with Crippen LogP contribution in [-0.2, 0) is 0 Å². The molecule has 3 rings (SSSR count). The summed E-state index contributed by atoms with van der Waals surface area (Å²) in [6, 6.07) is 0.725. The van der Waals surface area contributed by atoms with Crippen LogP contribution in [0.4, 0.5) is 0 Å². The lowest BCUT2D eigenvalue weighted by Crippen LogP contribution is -2.31. The van der Waals surface area contributed by atoms with Gasteiger partial charge in [-0.3, -0.25) is 0 Å². The van der Waals surface area contributed by atoms with Gasteiger partial charge in [0.2, 0.25) is 0 Å². The maximum atomic E-state index is 3.64. The smallest absolute Gasteiger partial charge is 0.0310 e. The van der Waals surface area contributed by atoms with Crippen molar-refractivity contribution in [2.75, 3.05) is 7.05 Å². The average molecular weight is 233 g/mol. The summed E-state index contributed by atoms with van der Waals surface area (Å²) >= 11 is 0. The average Bonchev–Trinajstić information content (AvgIpc) is 2.77. The summed E-state index contributed by atoms with van der Waals surface area (Å²) < 4.78 is 0. The molecule has 0 aliphatic heterocycles. The van der Waals surface area contributed by atoms with Crippen molar-refractivity contribution in [2.45, 2.75) is 63.8 Å². The van der Waals surface area contributed by atoms with E-state index >= 15 is 0 Å². The second-order valence-electron chi connectivity index (χ2n) is 6.33. The fourth-order valence-electron chi connectivity index (χ4n) is 4.50. The Morgan fingerprint density at radius 2 is 1.82 bits per heavy atom. The van der Waals surface area contributed by atoms with Crippen molar-refractivity contribution in [3.63, 3.8) is 0 Å². The minimum absolute atomic E-state index is 0.725. The summed E-state index contributed by atoms with van der Waals surface area (Å²) in [7, 11) is 2.18. The Labute approximate surface area is 106 Å². The van der Waals surface area contributed by atoms with Gasteiger partial charge >= 0.3 is 0 Å². The predicted molar refractivity (Wildman–Crippen MR) is 73.0 cm³/mol. The molecule has 0 saturated heterocycles. The number of likely N-dealkylation sites (N-methyl/N-ethyl adjacent to an activating group) is 1. The quantitative estimate of drug-likeness (QED) is 0.729. The maximum absolute atomic E-state index is 3.64. The zero-order valence-electron chi connectivity index (χ0n) is 11.3. The third kappa shape index (κ3) is 2.31. The minimum atomic E-state index is 0.725. The lowest BCUT2D eigenvalue weighted by Gasteiger charge is -2.23. The Kier molecular flexibility index (Phi) is 3.56. The molecule has 0 spiro atoms. The molecule has 3 atom stereocenters. The van der Waals surface area contributed by atoms with E-state index in [2.05, 4.69) is 18.4 Å². The van der Waals surface area contributed by atoms with Crippen molar-refractivity contribution >= 4 is 0 Å². The van der Waals surface area contributed by atoms with Gasteiger partial charge in [0.15, 0.2) is 0 Å². The molecule has 0 amide bonds. The second-order valence-corrected chi connectivity index (χ2v) is 6.33. The molecule has 3 aliphatic carbocycles. The van der Waals surface area contributed by atoms with E-state index in [1.165, 1.54) is 57.8 Å². The van der Waals surface area contributed by atoms with Crippen molar-refractivity contribution in [3.05, 3.63) is 11.6 Å². The van der Waals surface area contributed by atoms with E-state index in [1.807, 2.05) is 0 Å². The molecule has 96 valence electrons. The van der Waals surface area contributed by atoms with Crippen molar-refractivity contribution < 1.29 is 0 Å². The number of fused-ring (bicyclic) bond motifs is 1. The molecule has 3 aliphatic rings. The Hall–Kier alpha value is -0.300. The fourth-order valence-corrected chi connectivity index (χ4v) is 4.50. The van der Waals surface area contributed by atoms with Gasteiger partial charge in [-0.1, -0.05) is 30.9 Å². The van der Waals surface area contributed by atoms with E-state index in [1.54, 1.807) is 5.57 Å². The van der Waals surface area contributed by atoms with Crippen LogP contribution in [0.3, 0.4) is 0 Å². The molecular formula is C16H27N. The third-order valence-corrected chi connectivity index (χ3v) is 5.39. The first-order valence-corrected chi connectivity index (χ1v) is 7.78. The molecule has 1 nitrogen and oxygen atoms in total. The van der Waals surface area contributed by atoms with Gasteiger partial charge in [0.25, 0.3) is 0 Å². The van der Waals surface area contributed by atoms with Crippen LogP contribution in [0.1, 0.15) is 57.8 Å². The molecule has 17 heavy (non-hydrogen) atoms. The van der Waals surface area contributed by atoms with E-state index in [4.69, 9.17) is 0 Å². The summed E-state index contributed by atoms with van der Waals surface area (Å²) in [6.07, 6.45) is 15.5. The summed E-state index contributed by atoms with van der Waals surface area (Å²) in [4.78, 5) is 0. The summed E-state index contributed by atoms with van der Waals surface area (Å²) in [5, 5.41) is 3.64. The lowest BCUT2D eigenvalue weighted by atomic mass is 9.90. The molecular weight excluding hydrogens is 206 g/mol. The highest BCUT2D eigenvalue weighted by molar-refractivity contribution is 5.20. The number of rotatable bonds is 3. The largest absolute Gasteiger partial charge is 0.313 e. The van der Waals surface area contributed by atoms with Crippen LogP contribution in [0, 0.1) is 17.8 Å². The number of hydrogen-bond donors (Lipinski definition) is 1. The Balaban J connectivity index is 1.67. The summed E-state index contributed by atoms with van der Waals surface area (Å²) in [5.41, 5.74) is 1.76. The van der Waals surface area contributed by atoms with E-state index in [0.717, 1.165) is 23.8 Å². The first-order valence-electron chi connectivity index (χ1n) is 7.78. The van der Waals surface area contributed by atoms with Crippen LogP contribution in [0.2, 0.25) is 0 Å². The van der Waals surface area contributed by atoms with Crippen LogP contribution in [0.25, 0.3) is 0 Å². The van der Waals surface area contributed by atoms with Crippen molar-refractivity contribution in [2.24, 2.45) is 17.8 Å². The lowest BCUT2D eigenvalue weighted by molar-refractivity contribution is 0.455. The van der Waals surface area contributed by atoms with E-state index in [-0.39, 0.29) is 0 Å². The highest BCUT2D eigenvalue weighted by Gasteiger charge is 2.55. The van der Waals surface area contributed by atoms with Gasteiger partial charge in [0, 0.05) is 6.04 Å². The Morgan fingerprint density at radius 3 is 2.59 bits per heavy atom. The standard InChI is InChI=1S/C16H27N/c1-17-16(15-13-10-7-11-14(13)15)12-8-5-3-2-4-6-9-12/h8,13-17H,2-7,9-11H2,1H3. The highest BCUT2D eigenvalue weighted by atomic mass is 14.9. The maximum Gasteiger partial charge on any atom is 0.0310 e. The molecule has 0 bridgehead atoms. The van der Waals surface area contributed by atoms with Crippen LogP contribution in [-0.4, -0.2) is 13.1 Å². The molecule has 0 radical (unpaired) electrons. The van der Waals surface area contributed by atoms with Gasteiger partial charge in [-0.2, -0.15) is 0 Å². The van der Waals surface area contributed by atoms with E-state index in [0.29, 0.717) is 0 Å². The predicted octanol–water partition coefficient (Wildman–Crippen LogP) is 3.90. The molecule has 0 aromatic rings. The summed E-state index contributed by atoms with van der Waals surface area (Å²) in [5.74, 6) is 3.16. The van der Waals surface area contributed by atoms with Gasteiger partial charge < -0.3 is 5.32 Å². The zero-order valence-corrected chi connectivity index (χ0v) is 11.3. The SMILES string of the molecule is CNC(C1=CCCCCCC1)C1C2CCCC21.